The van der Waals surface area contributed by atoms with E-state index in [0.29, 0.717) is 30.1 Å². The van der Waals surface area contributed by atoms with E-state index in [-0.39, 0.29) is 0 Å². The van der Waals surface area contributed by atoms with Crippen LogP contribution in [0, 0.1) is 0 Å². The van der Waals surface area contributed by atoms with Gasteiger partial charge >= 0.3 is 0 Å². The molecule has 4 heteroatoms. The molecular weight excluding hydrogens is 204 g/mol. The largest absolute Gasteiger partial charge is 0.366 e. The molecule has 84 valence electrons. The summed E-state index contributed by atoms with van der Waals surface area (Å²) in [4.78, 5) is 26.2. The van der Waals surface area contributed by atoms with Crippen molar-refractivity contribution >= 4 is 11.7 Å². The number of Topliss-reactive ketones (excluding diaryl/α,β-unsaturated/α-hetero) is 1. The average molecular weight is 218 g/mol. The van der Waals surface area contributed by atoms with E-state index in [1.165, 1.54) is 6.20 Å². The zero-order valence-electron chi connectivity index (χ0n) is 8.98. The van der Waals surface area contributed by atoms with Gasteiger partial charge in [-0.15, -0.1) is 0 Å². The van der Waals surface area contributed by atoms with E-state index in [9.17, 15) is 9.59 Å². The first-order valence-electron chi connectivity index (χ1n) is 5.44. The van der Waals surface area contributed by atoms with E-state index in [0.717, 1.165) is 18.5 Å². The van der Waals surface area contributed by atoms with Gasteiger partial charge in [-0.1, -0.05) is 0 Å². The van der Waals surface area contributed by atoms with Gasteiger partial charge in [-0.05, 0) is 25.0 Å². The lowest BCUT2D eigenvalue weighted by Crippen LogP contribution is -2.15. The number of aromatic nitrogens is 1. The van der Waals surface area contributed by atoms with Crippen molar-refractivity contribution < 1.29 is 9.59 Å². The van der Waals surface area contributed by atoms with Crippen LogP contribution >= 0.6 is 0 Å². The number of carbonyl (C=O) groups is 2. The molecule has 0 aliphatic heterocycles. The maximum absolute atomic E-state index is 11.1. The average Bonchev–Trinajstić information content (AvgIpc) is 2.30. The molecule has 4 nitrogen and oxygen atoms in total. The lowest BCUT2D eigenvalue weighted by Gasteiger charge is -2.20. The minimum Gasteiger partial charge on any atom is -0.366 e. The van der Waals surface area contributed by atoms with Gasteiger partial charge in [-0.3, -0.25) is 14.6 Å². The van der Waals surface area contributed by atoms with Crippen molar-refractivity contribution in [1.29, 1.82) is 0 Å². The Balaban J connectivity index is 2.10. The van der Waals surface area contributed by atoms with Gasteiger partial charge < -0.3 is 5.73 Å². The standard InChI is InChI=1S/C12H14N2O2/c13-12(16)9-3-6-11(14-7-9)8-1-4-10(15)5-2-8/h3,6-8H,1-2,4-5H2,(H2,13,16). The lowest BCUT2D eigenvalue weighted by molar-refractivity contribution is -0.120. The number of ketones is 1. The molecule has 0 aromatic carbocycles. The molecule has 1 saturated carbocycles. The van der Waals surface area contributed by atoms with Crippen molar-refractivity contribution in [2.24, 2.45) is 5.73 Å². The fourth-order valence-corrected chi connectivity index (χ4v) is 2.03. The van der Waals surface area contributed by atoms with E-state index in [4.69, 9.17) is 5.73 Å². The molecule has 0 atom stereocenters. The second-order valence-electron chi connectivity index (χ2n) is 4.15. The van der Waals surface area contributed by atoms with Crippen LogP contribution in [0.25, 0.3) is 0 Å². The second kappa shape index (κ2) is 4.43. The number of hydrogen-bond donors (Lipinski definition) is 1. The third-order valence-corrected chi connectivity index (χ3v) is 3.03. The highest BCUT2D eigenvalue weighted by molar-refractivity contribution is 5.92. The summed E-state index contributed by atoms with van der Waals surface area (Å²) in [5.41, 5.74) is 6.52. The van der Waals surface area contributed by atoms with Crippen LogP contribution in [0.5, 0.6) is 0 Å². The molecule has 1 heterocycles. The van der Waals surface area contributed by atoms with Crippen LogP contribution in [-0.2, 0) is 4.79 Å². The summed E-state index contributed by atoms with van der Waals surface area (Å²) < 4.78 is 0. The lowest BCUT2D eigenvalue weighted by atomic mass is 9.86. The highest BCUT2D eigenvalue weighted by Gasteiger charge is 2.21. The summed E-state index contributed by atoms with van der Waals surface area (Å²) in [5, 5.41) is 0. The topological polar surface area (TPSA) is 73.1 Å². The molecular formula is C12H14N2O2. The van der Waals surface area contributed by atoms with Gasteiger partial charge in [-0.25, -0.2) is 0 Å². The minimum absolute atomic E-state index is 0.338. The molecule has 1 aliphatic rings. The molecule has 0 spiro atoms. The molecule has 0 saturated heterocycles. The van der Waals surface area contributed by atoms with Crippen molar-refractivity contribution in [2.75, 3.05) is 0 Å². The van der Waals surface area contributed by atoms with E-state index in [1.54, 1.807) is 6.07 Å². The molecule has 16 heavy (non-hydrogen) atoms. The Kier molecular flexibility index (Phi) is 2.99. The number of primary amides is 1. The van der Waals surface area contributed by atoms with Crippen LogP contribution in [0.15, 0.2) is 18.3 Å². The Morgan fingerprint density at radius 1 is 1.31 bits per heavy atom. The summed E-state index contributed by atoms with van der Waals surface area (Å²) in [5.74, 6) is 0.225. The molecule has 1 fully saturated rings. The van der Waals surface area contributed by atoms with Crippen molar-refractivity contribution in [2.45, 2.75) is 31.6 Å². The maximum atomic E-state index is 11.1. The van der Waals surface area contributed by atoms with Gasteiger partial charge in [0.05, 0.1) is 5.56 Å². The van der Waals surface area contributed by atoms with Gasteiger partial charge in [-0.2, -0.15) is 0 Å². The first-order valence-corrected chi connectivity index (χ1v) is 5.44. The monoisotopic (exact) mass is 218 g/mol. The molecule has 1 aromatic heterocycles. The molecule has 2 N–H and O–H groups in total. The molecule has 0 bridgehead atoms. The van der Waals surface area contributed by atoms with Gasteiger partial charge in [0.1, 0.15) is 5.78 Å². The van der Waals surface area contributed by atoms with Crippen molar-refractivity contribution in [3.63, 3.8) is 0 Å². The Morgan fingerprint density at radius 3 is 2.50 bits per heavy atom. The van der Waals surface area contributed by atoms with E-state index < -0.39 is 5.91 Å². The number of nitrogens with two attached hydrogens (primary N) is 1. The second-order valence-corrected chi connectivity index (χ2v) is 4.15. The molecule has 0 radical (unpaired) electrons. The summed E-state index contributed by atoms with van der Waals surface area (Å²) >= 11 is 0. The van der Waals surface area contributed by atoms with E-state index in [2.05, 4.69) is 4.98 Å². The molecule has 2 rings (SSSR count). The molecule has 0 unspecified atom stereocenters. The quantitative estimate of drug-likeness (QED) is 0.815. The number of hydrogen-bond acceptors (Lipinski definition) is 3. The predicted molar refractivity (Wildman–Crippen MR) is 59.0 cm³/mol. The number of amides is 1. The summed E-state index contributed by atoms with van der Waals surface area (Å²) in [6.45, 7) is 0. The SMILES string of the molecule is NC(=O)c1ccc(C2CCC(=O)CC2)nc1. The fourth-order valence-electron chi connectivity index (χ4n) is 2.03. The van der Waals surface area contributed by atoms with Gasteiger partial charge in [0.15, 0.2) is 0 Å². The maximum Gasteiger partial charge on any atom is 0.250 e. The molecule has 1 amide bonds. The van der Waals surface area contributed by atoms with Crippen LogP contribution in [0.2, 0.25) is 0 Å². The molecule has 1 aliphatic carbocycles. The van der Waals surface area contributed by atoms with E-state index in [1.807, 2.05) is 6.07 Å². The Bertz CT molecular complexity index is 402. The minimum atomic E-state index is -0.460. The van der Waals surface area contributed by atoms with Gasteiger partial charge in [0, 0.05) is 30.7 Å². The molecule has 1 aromatic rings. The smallest absolute Gasteiger partial charge is 0.250 e. The summed E-state index contributed by atoms with van der Waals surface area (Å²) in [7, 11) is 0. The van der Waals surface area contributed by atoms with Gasteiger partial charge in [0.2, 0.25) is 5.91 Å². The highest BCUT2D eigenvalue weighted by atomic mass is 16.1. The van der Waals surface area contributed by atoms with Crippen LogP contribution in [0.1, 0.15) is 47.7 Å². The van der Waals surface area contributed by atoms with Crippen LogP contribution in [-0.4, -0.2) is 16.7 Å². The zero-order valence-corrected chi connectivity index (χ0v) is 8.98. The third-order valence-electron chi connectivity index (χ3n) is 3.03. The zero-order chi connectivity index (χ0) is 11.5. The van der Waals surface area contributed by atoms with Gasteiger partial charge in [0.25, 0.3) is 0 Å². The first kappa shape index (κ1) is 10.8. The first-order chi connectivity index (χ1) is 7.66. The number of carbonyl (C=O) groups excluding carboxylic acids is 2. The Morgan fingerprint density at radius 2 is 2.00 bits per heavy atom. The fraction of sp³-hybridized carbons (Fsp3) is 0.417. The normalized spacial score (nSPS) is 17.4. The highest BCUT2D eigenvalue weighted by Crippen LogP contribution is 2.29. The summed E-state index contributed by atoms with van der Waals surface area (Å²) in [6, 6.07) is 3.53. The summed E-state index contributed by atoms with van der Waals surface area (Å²) in [6.07, 6.45) is 4.52. The number of rotatable bonds is 2. The van der Waals surface area contributed by atoms with Crippen LogP contribution in [0.3, 0.4) is 0 Å². The van der Waals surface area contributed by atoms with Crippen molar-refractivity contribution in [3.8, 4) is 0 Å². The third kappa shape index (κ3) is 2.27. The number of nitrogens with zero attached hydrogens (tertiary/aromatic N) is 1. The van der Waals surface area contributed by atoms with Crippen LogP contribution < -0.4 is 5.73 Å². The number of pyridine rings is 1. The van der Waals surface area contributed by atoms with E-state index >= 15 is 0 Å². The van der Waals surface area contributed by atoms with Crippen molar-refractivity contribution in [1.82, 2.24) is 4.98 Å². The Labute approximate surface area is 93.9 Å². The predicted octanol–water partition coefficient (Wildman–Crippen LogP) is 1.41. The Hall–Kier alpha value is -1.71. The van der Waals surface area contributed by atoms with Crippen LogP contribution in [0.4, 0.5) is 0 Å². The van der Waals surface area contributed by atoms with Crippen molar-refractivity contribution in [3.05, 3.63) is 29.6 Å².